The molecular formula is C16H23ClN4. The van der Waals surface area contributed by atoms with Crippen molar-refractivity contribution >= 4 is 11.6 Å². The third-order valence-electron chi connectivity index (χ3n) is 3.45. The lowest BCUT2D eigenvalue weighted by atomic mass is 9.94. The minimum Gasteiger partial charge on any atom is -0.311 e. The van der Waals surface area contributed by atoms with E-state index in [9.17, 15) is 0 Å². The second-order valence-corrected chi connectivity index (χ2v) is 6.82. The molecule has 1 aromatic heterocycles. The van der Waals surface area contributed by atoms with E-state index in [1.165, 1.54) is 5.56 Å². The Morgan fingerprint density at radius 1 is 1.24 bits per heavy atom. The molecule has 114 valence electrons. The maximum absolute atomic E-state index is 5.99. The van der Waals surface area contributed by atoms with Gasteiger partial charge >= 0.3 is 0 Å². The van der Waals surface area contributed by atoms with Crippen molar-refractivity contribution in [1.82, 2.24) is 20.1 Å². The van der Waals surface area contributed by atoms with Gasteiger partial charge in [-0.1, -0.05) is 23.7 Å². The first-order valence-electron chi connectivity index (χ1n) is 7.18. The molecule has 2 aromatic rings. The van der Waals surface area contributed by atoms with E-state index in [1.54, 1.807) is 6.33 Å². The van der Waals surface area contributed by atoms with Crippen molar-refractivity contribution in [1.29, 1.82) is 0 Å². The molecule has 0 spiro atoms. The number of rotatable bonds is 5. The van der Waals surface area contributed by atoms with Crippen molar-refractivity contribution < 1.29 is 0 Å². The number of halogens is 1. The lowest BCUT2D eigenvalue weighted by Gasteiger charge is -2.25. The summed E-state index contributed by atoms with van der Waals surface area (Å²) in [6, 6.07) is 8.07. The molecule has 21 heavy (non-hydrogen) atoms. The lowest BCUT2D eigenvalue weighted by Crippen LogP contribution is -2.39. The van der Waals surface area contributed by atoms with Gasteiger partial charge in [0.15, 0.2) is 0 Å². The van der Waals surface area contributed by atoms with Gasteiger partial charge in [-0.05, 0) is 38.5 Å². The van der Waals surface area contributed by atoms with Crippen LogP contribution in [0, 0.1) is 0 Å². The first-order chi connectivity index (χ1) is 9.85. The van der Waals surface area contributed by atoms with Crippen molar-refractivity contribution in [2.45, 2.75) is 38.6 Å². The van der Waals surface area contributed by atoms with Gasteiger partial charge < -0.3 is 5.32 Å². The first-order valence-corrected chi connectivity index (χ1v) is 7.56. The van der Waals surface area contributed by atoms with Crippen LogP contribution in [-0.4, -0.2) is 26.8 Å². The predicted molar refractivity (Wildman–Crippen MR) is 86.7 cm³/mol. The Morgan fingerprint density at radius 2 is 1.90 bits per heavy atom. The summed E-state index contributed by atoms with van der Waals surface area (Å²) < 4.78 is 1.83. The zero-order valence-electron chi connectivity index (χ0n) is 13.1. The number of nitrogens with one attached hydrogen (secondary N) is 1. The molecule has 0 aliphatic rings. The van der Waals surface area contributed by atoms with Gasteiger partial charge in [-0.15, -0.1) is 0 Å². The second kappa shape index (κ2) is 6.58. The normalized spacial score (nSPS) is 13.4. The van der Waals surface area contributed by atoms with Gasteiger partial charge in [-0.3, -0.25) is 4.68 Å². The molecule has 0 aliphatic heterocycles. The maximum Gasteiger partial charge on any atom is 0.138 e. The van der Waals surface area contributed by atoms with Gasteiger partial charge in [-0.2, -0.15) is 5.10 Å². The number of hydrogen-bond acceptors (Lipinski definition) is 3. The second-order valence-electron chi connectivity index (χ2n) is 6.38. The third kappa shape index (κ3) is 4.83. The van der Waals surface area contributed by atoms with Crippen molar-refractivity contribution in [3.05, 3.63) is 47.0 Å². The van der Waals surface area contributed by atoms with Crippen LogP contribution in [0.15, 0.2) is 30.6 Å². The molecule has 1 aromatic carbocycles. The van der Waals surface area contributed by atoms with Crippen LogP contribution in [0.25, 0.3) is 0 Å². The van der Waals surface area contributed by atoms with E-state index in [0.29, 0.717) is 5.92 Å². The summed E-state index contributed by atoms with van der Waals surface area (Å²) in [5, 5.41) is 8.49. The Labute approximate surface area is 131 Å². The van der Waals surface area contributed by atoms with Gasteiger partial charge in [0.05, 0.1) is 0 Å². The summed E-state index contributed by atoms with van der Waals surface area (Å²) in [6.07, 6.45) is 2.45. The van der Waals surface area contributed by atoms with Crippen LogP contribution in [0.5, 0.6) is 0 Å². The van der Waals surface area contributed by atoms with Gasteiger partial charge in [0.1, 0.15) is 12.2 Å². The van der Waals surface area contributed by atoms with Gasteiger partial charge in [0.25, 0.3) is 0 Å². The molecule has 0 bridgehead atoms. The third-order valence-corrected chi connectivity index (χ3v) is 3.71. The van der Waals surface area contributed by atoms with E-state index in [1.807, 2.05) is 23.9 Å². The Hall–Kier alpha value is -1.39. The molecular weight excluding hydrogens is 284 g/mol. The van der Waals surface area contributed by atoms with E-state index in [-0.39, 0.29) is 5.54 Å². The van der Waals surface area contributed by atoms with E-state index in [0.717, 1.165) is 23.8 Å². The summed E-state index contributed by atoms with van der Waals surface area (Å²) in [6.45, 7) is 7.41. The van der Waals surface area contributed by atoms with Crippen LogP contribution in [-0.2, 0) is 13.5 Å². The Morgan fingerprint density at radius 3 is 2.43 bits per heavy atom. The number of hydrogen-bond donors (Lipinski definition) is 1. The highest BCUT2D eigenvalue weighted by atomic mass is 35.5. The number of aromatic nitrogens is 3. The summed E-state index contributed by atoms with van der Waals surface area (Å²) in [5.41, 5.74) is 1.35. The van der Waals surface area contributed by atoms with E-state index < -0.39 is 0 Å². The molecule has 2 rings (SSSR count). The van der Waals surface area contributed by atoms with Crippen molar-refractivity contribution in [3.8, 4) is 0 Å². The SMILES string of the molecule is Cn1ncnc1CC(CNC(C)(C)C)c1ccc(Cl)cc1. The molecule has 1 heterocycles. The van der Waals surface area contributed by atoms with Gasteiger partial charge in [0, 0.05) is 36.5 Å². The predicted octanol–water partition coefficient (Wildman–Crippen LogP) is 3.18. The van der Waals surface area contributed by atoms with Crippen LogP contribution in [0.2, 0.25) is 5.02 Å². The standard InChI is InChI=1S/C16H23ClN4/c1-16(2,3)19-10-13(9-15-18-11-20-21(15)4)12-5-7-14(17)8-6-12/h5-8,11,13,19H,9-10H2,1-4H3. The van der Waals surface area contributed by atoms with E-state index >= 15 is 0 Å². The fraction of sp³-hybridized carbons (Fsp3) is 0.500. The van der Waals surface area contributed by atoms with Gasteiger partial charge in [-0.25, -0.2) is 4.98 Å². The Kier molecular flexibility index (Phi) is 5.01. The highest BCUT2D eigenvalue weighted by Crippen LogP contribution is 2.22. The van der Waals surface area contributed by atoms with E-state index in [2.05, 4.69) is 48.3 Å². The average Bonchev–Trinajstić information content (AvgIpc) is 2.80. The lowest BCUT2D eigenvalue weighted by molar-refractivity contribution is 0.402. The molecule has 1 atom stereocenters. The van der Waals surface area contributed by atoms with Gasteiger partial charge in [0.2, 0.25) is 0 Å². The number of nitrogens with zero attached hydrogens (tertiary/aromatic N) is 3. The average molecular weight is 307 g/mol. The van der Waals surface area contributed by atoms with Crippen molar-refractivity contribution in [2.24, 2.45) is 7.05 Å². The quantitative estimate of drug-likeness (QED) is 0.922. The summed E-state index contributed by atoms with van der Waals surface area (Å²) in [5.74, 6) is 1.33. The first kappa shape index (κ1) is 16.0. The molecule has 1 unspecified atom stereocenters. The zero-order valence-corrected chi connectivity index (χ0v) is 13.9. The Balaban J connectivity index is 2.17. The largest absolute Gasteiger partial charge is 0.311 e. The summed E-state index contributed by atoms with van der Waals surface area (Å²) in [7, 11) is 1.93. The molecule has 0 fully saturated rings. The molecule has 1 N–H and O–H groups in total. The van der Waals surface area contributed by atoms with Crippen LogP contribution in [0.3, 0.4) is 0 Å². The minimum atomic E-state index is 0.0879. The molecule has 0 amide bonds. The van der Waals surface area contributed by atoms with E-state index in [4.69, 9.17) is 11.6 Å². The van der Waals surface area contributed by atoms with Crippen LogP contribution in [0.1, 0.15) is 38.1 Å². The highest BCUT2D eigenvalue weighted by Gasteiger charge is 2.18. The van der Waals surface area contributed by atoms with Crippen molar-refractivity contribution in [3.63, 3.8) is 0 Å². The minimum absolute atomic E-state index is 0.0879. The molecule has 0 aliphatic carbocycles. The molecule has 4 nitrogen and oxygen atoms in total. The summed E-state index contributed by atoms with van der Waals surface area (Å²) in [4.78, 5) is 4.34. The number of aryl methyl sites for hydroxylation is 1. The molecule has 0 saturated carbocycles. The topological polar surface area (TPSA) is 42.7 Å². The fourth-order valence-electron chi connectivity index (χ4n) is 2.20. The Bertz CT molecular complexity index is 569. The fourth-order valence-corrected chi connectivity index (χ4v) is 2.32. The molecule has 5 heteroatoms. The summed E-state index contributed by atoms with van der Waals surface area (Å²) >= 11 is 5.99. The van der Waals surface area contributed by atoms with Crippen LogP contribution >= 0.6 is 11.6 Å². The molecule has 0 radical (unpaired) electrons. The maximum atomic E-state index is 5.99. The highest BCUT2D eigenvalue weighted by molar-refractivity contribution is 6.30. The molecule has 0 saturated heterocycles. The van der Waals surface area contributed by atoms with Crippen LogP contribution in [0.4, 0.5) is 0 Å². The zero-order chi connectivity index (χ0) is 15.5. The number of benzene rings is 1. The monoisotopic (exact) mass is 306 g/mol. The smallest absolute Gasteiger partial charge is 0.138 e. The van der Waals surface area contributed by atoms with Crippen LogP contribution < -0.4 is 5.32 Å². The van der Waals surface area contributed by atoms with Crippen molar-refractivity contribution in [2.75, 3.05) is 6.54 Å².